The Morgan fingerprint density at radius 3 is 1.15 bits per heavy atom. The molecule has 150 valence electrons. The van der Waals surface area contributed by atoms with Gasteiger partial charge in [-0.2, -0.15) is 43.2 Å². The van der Waals surface area contributed by atoms with Crippen LogP contribution in [-0.4, -0.2) is 42.1 Å². The van der Waals surface area contributed by atoms with Crippen LogP contribution in [-0.2, 0) is 20.2 Å². The van der Waals surface area contributed by atoms with Gasteiger partial charge in [-0.1, -0.05) is 0 Å². The summed E-state index contributed by atoms with van der Waals surface area (Å²) in [4.78, 5) is 0. The van der Waals surface area contributed by atoms with Crippen LogP contribution >= 0.6 is 0 Å². The Bertz CT molecular complexity index is 799. The van der Waals surface area contributed by atoms with Gasteiger partial charge in [0.15, 0.2) is 11.5 Å². The summed E-state index contributed by atoms with van der Waals surface area (Å²) in [5.41, 5.74) is -11.6. The molecule has 1 rings (SSSR count). The number of hydrogen-bond donors (Lipinski definition) is 0. The SMILES string of the molecule is COc1c(OS(=O)(=O)C(F)(F)F)ccc(OS(=O)(=O)C(F)(F)F)c1OC. The van der Waals surface area contributed by atoms with Crippen LogP contribution in [0.25, 0.3) is 0 Å². The average Bonchev–Trinajstić information content (AvgIpc) is 2.45. The summed E-state index contributed by atoms with van der Waals surface area (Å²) in [7, 11) is -10.8. The molecule has 26 heavy (non-hydrogen) atoms. The second-order valence-electron chi connectivity index (χ2n) is 4.09. The first-order valence-electron chi connectivity index (χ1n) is 5.84. The lowest BCUT2D eigenvalue weighted by atomic mass is 10.2. The number of alkyl halides is 6. The molecule has 0 saturated carbocycles. The molecule has 0 aliphatic rings. The zero-order valence-electron chi connectivity index (χ0n) is 12.5. The van der Waals surface area contributed by atoms with Gasteiger partial charge < -0.3 is 17.8 Å². The number of rotatable bonds is 6. The Morgan fingerprint density at radius 1 is 0.692 bits per heavy atom. The molecule has 0 amide bonds. The largest absolute Gasteiger partial charge is 0.534 e. The predicted octanol–water partition coefficient (Wildman–Crippen LogP) is 2.16. The first kappa shape index (κ1) is 21.9. The van der Waals surface area contributed by atoms with Gasteiger partial charge in [0.25, 0.3) is 0 Å². The third-order valence-electron chi connectivity index (χ3n) is 2.41. The minimum atomic E-state index is -6.15. The maximum Gasteiger partial charge on any atom is 0.534 e. The van der Waals surface area contributed by atoms with Crippen molar-refractivity contribution in [2.24, 2.45) is 0 Å². The van der Waals surface area contributed by atoms with Crippen molar-refractivity contribution in [2.75, 3.05) is 14.2 Å². The normalized spacial score (nSPS) is 13.2. The summed E-state index contributed by atoms with van der Waals surface area (Å²) < 4.78 is 135. The molecule has 0 aliphatic heterocycles. The van der Waals surface area contributed by atoms with Crippen LogP contribution in [0.4, 0.5) is 26.3 Å². The van der Waals surface area contributed by atoms with Crippen LogP contribution < -0.4 is 17.8 Å². The topological polar surface area (TPSA) is 105 Å². The van der Waals surface area contributed by atoms with Crippen LogP contribution in [0, 0.1) is 0 Å². The first-order valence-corrected chi connectivity index (χ1v) is 8.65. The van der Waals surface area contributed by atoms with E-state index >= 15 is 0 Å². The van der Waals surface area contributed by atoms with Crippen molar-refractivity contribution < 1.29 is 61.0 Å². The highest BCUT2D eigenvalue weighted by Gasteiger charge is 2.50. The molecule has 0 bridgehead atoms. The summed E-state index contributed by atoms with van der Waals surface area (Å²) in [5, 5.41) is 0. The number of benzene rings is 1. The maximum absolute atomic E-state index is 12.4. The molecule has 0 atom stereocenters. The van der Waals surface area contributed by atoms with Crippen molar-refractivity contribution in [2.45, 2.75) is 11.0 Å². The van der Waals surface area contributed by atoms with Gasteiger partial charge in [-0.15, -0.1) is 0 Å². The molecule has 0 aromatic heterocycles. The van der Waals surface area contributed by atoms with E-state index < -0.39 is 54.3 Å². The zero-order valence-corrected chi connectivity index (χ0v) is 14.1. The van der Waals surface area contributed by atoms with Crippen LogP contribution in [0.3, 0.4) is 0 Å². The summed E-state index contributed by atoms with van der Waals surface area (Å²) in [6.45, 7) is 0. The molecule has 0 N–H and O–H groups in total. The highest BCUT2D eigenvalue weighted by molar-refractivity contribution is 7.88. The third-order valence-corrected chi connectivity index (χ3v) is 4.35. The minimum absolute atomic E-state index is 0.381. The molecule has 0 unspecified atom stereocenters. The molecule has 8 nitrogen and oxygen atoms in total. The molecule has 0 spiro atoms. The summed E-state index contributed by atoms with van der Waals surface area (Å²) in [6, 6.07) is 0.762. The summed E-state index contributed by atoms with van der Waals surface area (Å²) >= 11 is 0. The second-order valence-corrected chi connectivity index (χ2v) is 7.17. The number of ether oxygens (including phenoxy) is 2. The lowest BCUT2D eigenvalue weighted by molar-refractivity contribution is -0.0506. The fourth-order valence-corrected chi connectivity index (χ4v) is 2.30. The van der Waals surface area contributed by atoms with E-state index in [1.807, 2.05) is 0 Å². The highest BCUT2D eigenvalue weighted by Crippen LogP contribution is 2.46. The Labute approximate surface area is 142 Å². The fourth-order valence-electron chi connectivity index (χ4n) is 1.38. The molecule has 0 radical (unpaired) electrons. The molecular formula is C10H8F6O8S2. The van der Waals surface area contributed by atoms with Crippen LogP contribution in [0.1, 0.15) is 0 Å². The number of halogens is 6. The molecule has 0 aliphatic carbocycles. The maximum atomic E-state index is 12.4. The Morgan fingerprint density at radius 2 is 0.962 bits per heavy atom. The zero-order chi connectivity index (χ0) is 20.6. The van der Waals surface area contributed by atoms with Gasteiger partial charge in [0.1, 0.15) is 0 Å². The van der Waals surface area contributed by atoms with Gasteiger partial charge in [0.05, 0.1) is 14.2 Å². The van der Waals surface area contributed by atoms with Gasteiger partial charge in [-0.05, 0) is 12.1 Å². The first-order chi connectivity index (χ1) is 11.6. The Kier molecular flexibility index (Phi) is 5.82. The van der Waals surface area contributed by atoms with Crippen molar-refractivity contribution in [3.63, 3.8) is 0 Å². The molecule has 0 fully saturated rings. The molecular weight excluding hydrogens is 426 g/mol. The van der Waals surface area contributed by atoms with Crippen molar-refractivity contribution in [3.05, 3.63) is 12.1 Å². The van der Waals surface area contributed by atoms with Crippen LogP contribution in [0.15, 0.2) is 12.1 Å². The smallest absolute Gasteiger partial charge is 0.490 e. The Balaban J connectivity index is 3.47. The second kappa shape index (κ2) is 6.90. The summed E-state index contributed by atoms with van der Waals surface area (Å²) in [6.07, 6.45) is 0. The highest BCUT2D eigenvalue weighted by atomic mass is 32.2. The van der Waals surface area contributed by atoms with Crippen molar-refractivity contribution >= 4 is 20.2 Å². The lowest BCUT2D eigenvalue weighted by Gasteiger charge is -2.17. The van der Waals surface area contributed by atoms with E-state index in [4.69, 9.17) is 0 Å². The van der Waals surface area contributed by atoms with Gasteiger partial charge in [0, 0.05) is 0 Å². The van der Waals surface area contributed by atoms with Crippen molar-refractivity contribution in [1.82, 2.24) is 0 Å². The number of methoxy groups -OCH3 is 2. The molecule has 1 aromatic carbocycles. The van der Waals surface area contributed by atoms with E-state index in [0.717, 1.165) is 14.2 Å². The average molecular weight is 434 g/mol. The van der Waals surface area contributed by atoms with Gasteiger partial charge in [-0.25, -0.2) is 0 Å². The van der Waals surface area contributed by atoms with Crippen LogP contribution in [0.5, 0.6) is 23.0 Å². The minimum Gasteiger partial charge on any atom is -0.490 e. The van der Waals surface area contributed by atoms with Gasteiger partial charge in [-0.3, -0.25) is 0 Å². The molecule has 1 aromatic rings. The third kappa shape index (κ3) is 4.35. The molecule has 0 heterocycles. The quantitative estimate of drug-likeness (QED) is 0.381. The van der Waals surface area contributed by atoms with Crippen molar-refractivity contribution in [3.8, 4) is 23.0 Å². The fraction of sp³-hybridized carbons (Fsp3) is 0.400. The number of hydrogen-bond acceptors (Lipinski definition) is 8. The molecule has 0 saturated heterocycles. The van der Waals surface area contributed by atoms with E-state index in [-0.39, 0.29) is 0 Å². The van der Waals surface area contributed by atoms with E-state index in [1.54, 1.807) is 0 Å². The summed E-state index contributed by atoms with van der Waals surface area (Å²) in [5.74, 6) is -4.21. The van der Waals surface area contributed by atoms with E-state index in [0.29, 0.717) is 12.1 Å². The lowest BCUT2D eigenvalue weighted by Crippen LogP contribution is -2.29. The van der Waals surface area contributed by atoms with Crippen molar-refractivity contribution in [1.29, 1.82) is 0 Å². The van der Waals surface area contributed by atoms with Crippen LogP contribution in [0.2, 0.25) is 0 Å². The van der Waals surface area contributed by atoms with Gasteiger partial charge >= 0.3 is 31.3 Å². The Hall–Kier alpha value is -2.10. The van der Waals surface area contributed by atoms with E-state index in [2.05, 4.69) is 17.8 Å². The van der Waals surface area contributed by atoms with E-state index in [9.17, 15) is 43.2 Å². The molecule has 16 heteroatoms. The standard InChI is InChI=1S/C10H8F6O8S2/c1-21-7-5(23-25(17,18)9(11,12)13)3-4-6(8(7)22-2)24-26(19,20)10(14,15)16/h3-4H,1-2H3. The predicted molar refractivity (Wildman–Crippen MR) is 70.8 cm³/mol. The van der Waals surface area contributed by atoms with Gasteiger partial charge in [0.2, 0.25) is 11.5 Å². The van der Waals surface area contributed by atoms with E-state index in [1.165, 1.54) is 0 Å². The monoisotopic (exact) mass is 434 g/mol.